The number of carboxylic acid groups (broad SMARTS) is 1. The third kappa shape index (κ3) is 3.80. The molecule has 114 valence electrons. The first-order chi connectivity index (χ1) is 9.90. The molecule has 0 bridgehead atoms. The molecule has 2 rings (SSSR count). The summed E-state index contributed by atoms with van der Waals surface area (Å²) in [5, 5.41) is 9.02. The minimum absolute atomic E-state index is 0.00724. The van der Waals surface area contributed by atoms with Crippen LogP contribution in [0.15, 0.2) is 16.6 Å². The van der Waals surface area contributed by atoms with E-state index >= 15 is 0 Å². The molecule has 0 spiro atoms. The summed E-state index contributed by atoms with van der Waals surface area (Å²) in [5.74, 6) is 0.627. The van der Waals surface area contributed by atoms with Gasteiger partial charge in [0.1, 0.15) is 0 Å². The second kappa shape index (κ2) is 6.83. The molecular weight excluding hydrogens is 354 g/mol. The zero-order chi connectivity index (χ0) is 15.6. The quantitative estimate of drug-likeness (QED) is 0.886. The Labute approximate surface area is 137 Å². The van der Waals surface area contributed by atoms with Gasteiger partial charge in [-0.15, -0.1) is 0 Å². The van der Waals surface area contributed by atoms with Gasteiger partial charge in [-0.1, -0.05) is 15.9 Å². The normalized spacial score (nSPS) is 18.6. The van der Waals surface area contributed by atoms with Crippen LogP contribution in [-0.4, -0.2) is 46.0 Å². The van der Waals surface area contributed by atoms with Gasteiger partial charge in [-0.25, -0.2) is 0 Å². The number of hydrogen-bond donors (Lipinski definition) is 1. The number of aryl methyl sites for hydroxylation is 2. The minimum Gasteiger partial charge on any atom is -0.481 e. The first-order valence-electron chi connectivity index (χ1n) is 6.77. The molecular formula is C15H18BrNO3S. The van der Waals surface area contributed by atoms with E-state index in [1.165, 1.54) is 0 Å². The van der Waals surface area contributed by atoms with E-state index in [1.807, 2.05) is 26.0 Å². The molecule has 1 heterocycles. The molecule has 1 aliphatic heterocycles. The Morgan fingerprint density at radius 2 is 2.10 bits per heavy atom. The van der Waals surface area contributed by atoms with Gasteiger partial charge in [0.25, 0.3) is 5.91 Å². The fourth-order valence-electron chi connectivity index (χ4n) is 2.46. The number of rotatable bonds is 3. The molecule has 4 nitrogen and oxygen atoms in total. The summed E-state index contributed by atoms with van der Waals surface area (Å²) in [7, 11) is 0. The van der Waals surface area contributed by atoms with Crippen molar-refractivity contribution < 1.29 is 14.7 Å². The summed E-state index contributed by atoms with van der Waals surface area (Å²) in [6, 6.07) is 3.59. The van der Waals surface area contributed by atoms with Crippen molar-refractivity contribution in [2.24, 2.45) is 0 Å². The number of carbonyl (C=O) groups excluding carboxylic acids is 1. The van der Waals surface area contributed by atoms with Crippen molar-refractivity contribution in [1.82, 2.24) is 4.90 Å². The number of amides is 1. The molecule has 1 atom stereocenters. The summed E-state index contributed by atoms with van der Waals surface area (Å²) in [6.45, 7) is 4.46. The van der Waals surface area contributed by atoms with Crippen molar-refractivity contribution in [3.05, 3.63) is 33.3 Å². The van der Waals surface area contributed by atoms with Gasteiger partial charge in [-0.2, -0.15) is 11.8 Å². The molecule has 0 aromatic heterocycles. The van der Waals surface area contributed by atoms with Crippen molar-refractivity contribution in [3.8, 4) is 0 Å². The predicted molar refractivity (Wildman–Crippen MR) is 88.0 cm³/mol. The topological polar surface area (TPSA) is 57.6 Å². The number of benzene rings is 1. The largest absolute Gasteiger partial charge is 0.481 e. The fourth-order valence-corrected chi connectivity index (χ4v) is 3.98. The maximum absolute atomic E-state index is 12.8. The zero-order valence-corrected chi connectivity index (χ0v) is 14.5. The highest BCUT2D eigenvalue weighted by molar-refractivity contribution is 9.10. The third-order valence-corrected chi connectivity index (χ3v) is 5.58. The van der Waals surface area contributed by atoms with Crippen LogP contribution in [0.5, 0.6) is 0 Å². The van der Waals surface area contributed by atoms with E-state index < -0.39 is 5.97 Å². The van der Waals surface area contributed by atoms with Gasteiger partial charge in [0.15, 0.2) is 0 Å². The van der Waals surface area contributed by atoms with Crippen LogP contribution in [0.2, 0.25) is 0 Å². The number of hydrogen-bond acceptors (Lipinski definition) is 3. The maximum atomic E-state index is 12.8. The van der Waals surface area contributed by atoms with Gasteiger partial charge in [-0.3, -0.25) is 9.59 Å². The molecule has 1 aliphatic rings. The van der Waals surface area contributed by atoms with Crippen LogP contribution in [0.4, 0.5) is 0 Å². The van der Waals surface area contributed by atoms with Crippen molar-refractivity contribution in [2.75, 3.05) is 18.1 Å². The summed E-state index contributed by atoms with van der Waals surface area (Å²) >= 11 is 5.17. The lowest BCUT2D eigenvalue weighted by Crippen LogP contribution is -2.47. The maximum Gasteiger partial charge on any atom is 0.305 e. The number of halogens is 1. The molecule has 0 radical (unpaired) electrons. The van der Waals surface area contributed by atoms with Gasteiger partial charge in [0, 0.05) is 28.1 Å². The van der Waals surface area contributed by atoms with E-state index in [9.17, 15) is 9.59 Å². The van der Waals surface area contributed by atoms with Gasteiger partial charge in [0.05, 0.1) is 12.5 Å². The van der Waals surface area contributed by atoms with Crippen molar-refractivity contribution >= 4 is 39.6 Å². The highest BCUT2D eigenvalue weighted by Crippen LogP contribution is 2.25. The summed E-state index contributed by atoms with van der Waals surface area (Å²) in [6.07, 6.45) is 0.00724. The molecule has 1 N–H and O–H groups in total. The number of carbonyl (C=O) groups is 2. The first kappa shape index (κ1) is 16.4. The van der Waals surface area contributed by atoms with Crippen LogP contribution in [0, 0.1) is 13.8 Å². The van der Waals surface area contributed by atoms with Crippen molar-refractivity contribution in [3.63, 3.8) is 0 Å². The molecule has 21 heavy (non-hydrogen) atoms. The van der Waals surface area contributed by atoms with Crippen LogP contribution >= 0.6 is 27.7 Å². The lowest BCUT2D eigenvalue weighted by molar-refractivity contribution is -0.138. The van der Waals surface area contributed by atoms with Crippen molar-refractivity contribution in [2.45, 2.75) is 26.3 Å². The van der Waals surface area contributed by atoms with Crippen LogP contribution in [0.1, 0.15) is 27.9 Å². The Morgan fingerprint density at radius 3 is 2.76 bits per heavy atom. The predicted octanol–water partition coefficient (Wildman–Crippen LogP) is 3.10. The second-order valence-corrected chi connectivity index (χ2v) is 7.25. The monoisotopic (exact) mass is 371 g/mol. The number of carboxylic acids is 1. The fraction of sp³-hybridized carbons (Fsp3) is 0.467. The van der Waals surface area contributed by atoms with Gasteiger partial charge >= 0.3 is 5.97 Å². The van der Waals surface area contributed by atoms with E-state index in [0.29, 0.717) is 17.9 Å². The molecule has 0 aliphatic carbocycles. The molecule has 1 unspecified atom stereocenters. The van der Waals surface area contributed by atoms with E-state index in [4.69, 9.17) is 5.11 Å². The molecule has 1 amide bonds. The van der Waals surface area contributed by atoms with Gasteiger partial charge in [-0.05, 0) is 37.1 Å². The lowest BCUT2D eigenvalue weighted by Gasteiger charge is -2.35. The Bertz CT molecular complexity index is 576. The molecule has 1 saturated heterocycles. The molecule has 0 saturated carbocycles. The lowest BCUT2D eigenvalue weighted by atomic mass is 10.0. The van der Waals surface area contributed by atoms with Gasteiger partial charge < -0.3 is 10.0 Å². The standard InChI is InChI=1S/C15H18BrNO3S/c1-9-6-13(16)10(2)5-12(9)15(20)17-3-4-21-8-11(17)7-14(18)19/h5-6,11H,3-4,7-8H2,1-2H3,(H,18,19). The second-order valence-electron chi connectivity index (χ2n) is 5.24. The number of nitrogens with zero attached hydrogens (tertiary/aromatic N) is 1. The molecule has 1 aromatic carbocycles. The van der Waals surface area contributed by atoms with E-state index in [2.05, 4.69) is 15.9 Å². The van der Waals surface area contributed by atoms with Crippen LogP contribution in [0.3, 0.4) is 0 Å². The van der Waals surface area contributed by atoms with Crippen LogP contribution < -0.4 is 0 Å². The summed E-state index contributed by atoms with van der Waals surface area (Å²) < 4.78 is 0.979. The number of aliphatic carboxylic acids is 1. The SMILES string of the molecule is Cc1cc(C(=O)N2CCSCC2CC(=O)O)c(C)cc1Br. The molecule has 1 fully saturated rings. The zero-order valence-electron chi connectivity index (χ0n) is 12.1. The van der Waals surface area contributed by atoms with E-state index in [1.54, 1.807) is 16.7 Å². The molecule has 1 aromatic rings. The Kier molecular flexibility index (Phi) is 5.32. The van der Waals surface area contributed by atoms with E-state index in [0.717, 1.165) is 21.4 Å². The number of thioether (sulfide) groups is 1. The third-order valence-electron chi connectivity index (χ3n) is 3.63. The Balaban J connectivity index is 2.28. The summed E-state index contributed by atoms with van der Waals surface area (Å²) in [4.78, 5) is 25.5. The van der Waals surface area contributed by atoms with Crippen LogP contribution in [0.25, 0.3) is 0 Å². The smallest absolute Gasteiger partial charge is 0.305 e. The van der Waals surface area contributed by atoms with Crippen LogP contribution in [-0.2, 0) is 4.79 Å². The first-order valence-corrected chi connectivity index (χ1v) is 8.72. The average Bonchev–Trinajstić information content (AvgIpc) is 2.42. The highest BCUT2D eigenvalue weighted by Gasteiger charge is 2.30. The van der Waals surface area contributed by atoms with E-state index in [-0.39, 0.29) is 18.4 Å². The highest BCUT2D eigenvalue weighted by atomic mass is 79.9. The Morgan fingerprint density at radius 1 is 1.38 bits per heavy atom. The summed E-state index contributed by atoms with van der Waals surface area (Å²) in [5.41, 5.74) is 2.58. The van der Waals surface area contributed by atoms with Crippen molar-refractivity contribution in [1.29, 1.82) is 0 Å². The minimum atomic E-state index is -0.857. The average molecular weight is 372 g/mol. The Hall–Kier alpha value is -1.01. The van der Waals surface area contributed by atoms with Gasteiger partial charge in [0.2, 0.25) is 0 Å². The molecule has 6 heteroatoms.